The molecule has 1 amide bonds. The van der Waals surface area contributed by atoms with Crippen molar-refractivity contribution < 1.29 is 10.0 Å². The van der Waals surface area contributed by atoms with E-state index in [1.807, 2.05) is 0 Å². The van der Waals surface area contributed by atoms with Gasteiger partial charge in [-0.15, -0.1) is 0 Å². The molecule has 0 aromatic carbocycles. The Morgan fingerprint density at radius 2 is 1.95 bits per heavy atom. The van der Waals surface area contributed by atoms with Crippen molar-refractivity contribution in [2.75, 3.05) is 0 Å². The average molecular weight is 269 g/mol. The van der Waals surface area contributed by atoms with Crippen molar-refractivity contribution in [1.29, 1.82) is 0 Å². The van der Waals surface area contributed by atoms with Crippen LogP contribution in [0.5, 0.6) is 0 Å². The number of oxime groups is 1. The molecule has 2 unspecified atom stereocenters. The second-order valence-corrected chi connectivity index (χ2v) is 6.38. The third kappa shape index (κ3) is 3.61. The number of carbonyl (C=O) groups excluding carboxylic acids is 1. The average Bonchev–Trinajstić information content (AvgIpc) is 2.37. The van der Waals surface area contributed by atoms with Crippen molar-refractivity contribution in [3.8, 4) is 0 Å². The fraction of sp³-hybridized carbons (Fsp3) is 0.857. The van der Waals surface area contributed by atoms with Gasteiger partial charge < -0.3 is 16.3 Å². The van der Waals surface area contributed by atoms with E-state index in [2.05, 4.69) is 24.3 Å². The number of carbonyl (C=O) groups is 1. The van der Waals surface area contributed by atoms with Gasteiger partial charge in [0.2, 0.25) is 5.91 Å². The predicted molar refractivity (Wildman–Crippen MR) is 75.9 cm³/mol. The van der Waals surface area contributed by atoms with E-state index in [4.69, 9.17) is 10.9 Å². The van der Waals surface area contributed by atoms with Gasteiger partial charge >= 0.3 is 0 Å². The molecule has 0 saturated heterocycles. The highest BCUT2D eigenvalue weighted by atomic mass is 16.4. The van der Waals surface area contributed by atoms with Crippen molar-refractivity contribution in [1.82, 2.24) is 5.32 Å². The van der Waals surface area contributed by atoms with E-state index in [0.717, 1.165) is 19.3 Å². The summed E-state index contributed by atoms with van der Waals surface area (Å²) >= 11 is 0. The van der Waals surface area contributed by atoms with Gasteiger partial charge in [-0.25, -0.2) is 0 Å². The Hall–Kier alpha value is -1.26. The summed E-state index contributed by atoms with van der Waals surface area (Å²) < 4.78 is 0. The van der Waals surface area contributed by atoms with Crippen LogP contribution in [-0.4, -0.2) is 23.0 Å². The molecule has 2 atom stereocenters. The van der Waals surface area contributed by atoms with E-state index in [1.54, 1.807) is 13.8 Å². The minimum atomic E-state index is -0.978. The van der Waals surface area contributed by atoms with Crippen LogP contribution in [0.1, 0.15) is 53.4 Å². The van der Waals surface area contributed by atoms with Gasteiger partial charge in [0, 0.05) is 6.04 Å². The number of nitrogens with zero attached hydrogens (tertiary/aromatic N) is 1. The molecule has 1 aliphatic rings. The van der Waals surface area contributed by atoms with Crippen LogP contribution in [0.4, 0.5) is 0 Å². The van der Waals surface area contributed by atoms with Gasteiger partial charge in [-0.1, -0.05) is 31.8 Å². The standard InChI is InChI=1S/C14H27N3O2/c1-9(2)10-7-5-6-8-11(10)16-13(18)14(3,4)12(15)17-19/h9-11,19H,5-8H2,1-4H3,(H2,15,17)(H,16,18). The zero-order valence-corrected chi connectivity index (χ0v) is 12.4. The van der Waals surface area contributed by atoms with Gasteiger partial charge in [-0.05, 0) is 38.5 Å². The zero-order valence-electron chi connectivity index (χ0n) is 12.4. The van der Waals surface area contributed by atoms with Crippen molar-refractivity contribution in [3.05, 3.63) is 0 Å². The maximum absolute atomic E-state index is 12.3. The summed E-state index contributed by atoms with van der Waals surface area (Å²) in [4.78, 5) is 12.3. The minimum absolute atomic E-state index is 0.0538. The Balaban J connectivity index is 2.74. The van der Waals surface area contributed by atoms with Crippen LogP contribution in [0, 0.1) is 17.3 Å². The van der Waals surface area contributed by atoms with Crippen molar-refractivity contribution in [2.24, 2.45) is 28.1 Å². The Morgan fingerprint density at radius 3 is 2.47 bits per heavy atom. The lowest BCUT2D eigenvalue weighted by molar-refractivity contribution is -0.127. The van der Waals surface area contributed by atoms with E-state index >= 15 is 0 Å². The highest BCUT2D eigenvalue weighted by molar-refractivity contribution is 6.05. The SMILES string of the molecule is CC(C)C1CCCCC1NC(=O)C(C)(C)C(N)=NO. The van der Waals surface area contributed by atoms with Crippen LogP contribution >= 0.6 is 0 Å². The van der Waals surface area contributed by atoms with Gasteiger partial charge in [0.05, 0.1) is 0 Å². The lowest BCUT2D eigenvalue weighted by Gasteiger charge is -2.36. The molecule has 19 heavy (non-hydrogen) atoms. The van der Waals surface area contributed by atoms with E-state index in [0.29, 0.717) is 11.8 Å². The molecule has 1 aliphatic carbocycles. The summed E-state index contributed by atoms with van der Waals surface area (Å²) in [6.07, 6.45) is 4.56. The van der Waals surface area contributed by atoms with E-state index in [-0.39, 0.29) is 17.8 Å². The highest BCUT2D eigenvalue weighted by Crippen LogP contribution is 2.31. The lowest BCUT2D eigenvalue weighted by Crippen LogP contribution is -2.52. The summed E-state index contributed by atoms with van der Waals surface area (Å²) in [7, 11) is 0. The number of hydrogen-bond donors (Lipinski definition) is 3. The molecule has 0 heterocycles. The van der Waals surface area contributed by atoms with Gasteiger partial charge in [-0.3, -0.25) is 4.79 Å². The maximum Gasteiger partial charge on any atom is 0.233 e. The molecule has 4 N–H and O–H groups in total. The number of hydrogen-bond acceptors (Lipinski definition) is 3. The molecule has 0 radical (unpaired) electrons. The molecule has 1 fully saturated rings. The number of nitrogens with one attached hydrogen (secondary N) is 1. The van der Waals surface area contributed by atoms with Crippen molar-refractivity contribution in [3.63, 3.8) is 0 Å². The Labute approximate surface area is 115 Å². The van der Waals surface area contributed by atoms with Gasteiger partial charge in [0.15, 0.2) is 5.84 Å². The third-order valence-corrected chi connectivity index (χ3v) is 4.31. The van der Waals surface area contributed by atoms with E-state index < -0.39 is 5.41 Å². The predicted octanol–water partition coefficient (Wildman–Crippen LogP) is 2.09. The Morgan fingerprint density at radius 1 is 1.37 bits per heavy atom. The van der Waals surface area contributed by atoms with Crippen LogP contribution < -0.4 is 11.1 Å². The van der Waals surface area contributed by atoms with Crippen LogP contribution in [0.15, 0.2) is 5.16 Å². The third-order valence-electron chi connectivity index (χ3n) is 4.31. The Bertz CT molecular complexity index is 351. The summed E-state index contributed by atoms with van der Waals surface area (Å²) in [5, 5.41) is 14.8. The van der Waals surface area contributed by atoms with Crippen molar-refractivity contribution in [2.45, 2.75) is 59.4 Å². The second-order valence-electron chi connectivity index (χ2n) is 6.38. The molecule has 0 aliphatic heterocycles. The molecular weight excluding hydrogens is 242 g/mol. The number of nitrogens with two attached hydrogens (primary N) is 1. The van der Waals surface area contributed by atoms with Crippen LogP contribution in [0.3, 0.4) is 0 Å². The largest absolute Gasteiger partial charge is 0.409 e. The van der Waals surface area contributed by atoms with E-state index in [1.165, 1.54) is 6.42 Å². The molecule has 1 saturated carbocycles. The van der Waals surface area contributed by atoms with E-state index in [9.17, 15) is 4.79 Å². The fourth-order valence-corrected chi connectivity index (χ4v) is 2.73. The first-order valence-corrected chi connectivity index (χ1v) is 7.09. The van der Waals surface area contributed by atoms with Crippen LogP contribution in [0.25, 0.3) is 0 Å². The van der Waals surface area contributed by atoms with Crippen LogP contribution in [-0.2, 0) is 4.79 Å². The Kier molecular flexibility index (Phi) is 5.20. The topological polar surface area (TPSA) is 87.7 Å². The lowest BCUT2D eigenvalue weighted by atomic mass is 9.77. The quantitative estimate of drug-likeness (QED) is 0.316. The number of amides is 1. The molecule has 0 bridgehead atoms. The minimum Gasteiger partial charge on any atom is -0.409 e. The molecule has 0 aromatic rings. The summed E-state index contributed by atoms with van der Waals surface area (Å²) in [5.41, 5.74) is 4.61. The summed E-state index contributed by atoms with van der Waals surface area (Å²) in [6.45, 7) is 7.74. The van der Waals surface area contributed by atoms with Gasteiger partial charge in [-0.2, -0.15) is 0 Å². The summed E-state index contributed by atoms with van der Waals surface area (Å²) in [6, 6.07) is 0.201. The summed E-state index contributed by atoms with van der Waals surface area (Å²) in [5.74, 6) is 0.848. The molecule has 1 rings (SSSR count). The fourth-order valence-electron chi connectivity index (χ4n) is 2.73. The smallest absolute Gasteiger partial charge is 0.233 e. The second kappa shape index (κ2) is 6.26. The first kappa shape index (κ1) is 15.8. The van der Waals surface area contributed by atoms with Crippen LogP contribution in [0.2, 0.25) is 0 Å². The van der Waals surface area contributed by atoms with Gasteiger partial charge in [0.1, 0.15) is 5.41 Å². The maximum atomic E-state index is 12.3. The molecule has 110 valence electrons. The van der Waals surface area contributed by atoms with Gasteiger partial charge in [0.25, 0.3) is 0 Å². The normalized spacial score (nSPS) is 25.4. The first-order valence-electron chi connectivity index (χ1n) is 7.09. The highest BCUT2D eigenvalue weighted by Gasteiger charge is 2.36. The molecule has 0 aromatic heterocycles. The molecule has 0 spiro atoms. The molecule has 5 nitrogen and oxygen atoms in total. The molecule has 5 heteroatoms. The first-order chi connectivity index (χ1) is 8.80. The monoisotopic (exact) mass is 269 g/mol. The zero-order chi connectivity index (χ0) is 14.6. The number of amidine groups is 1. The van der Waals surface area contributed by atoms with Crippen molar-refractivity contribution >= 4 is 11.7 Å². The molecular formula is C14H27N3O2. The number of rotatable bonds is 4.